The van der Waals surface area contributed by atoms with Gasteiger partial charge in [-0.1, -0.05) is 65.5 Å². The number of allylic oxidation sites excluding steroid dienone is 2. The Morgan fingerprint density at radius 2 is 1.12 bits per heavy atom. The van der Waals surface area contributed by atoms with E-state index in [1.54, 1.807) is 0 Å². The molecule has 0 aromatic rings. The molecular weight excluding hydrogens is 304 g/mol. The molecule has 0 heterocycles. The standard InChI is InChI=1S/C23H34N2/c1-5-9-11-13-15-21(7-3)17-23(19-24,20-25)18-22(8-4)16-14-12-10-6-2/h3-6,9-18H2,1-2H3. The Morgan fingerprint density at radius 1 is 0.720 bits per heavy atom. The Kier molecular flexibility index (Phi) is 13.2. The zero-order chi connectivity index (χ0) is 19.0. The van der Waals surface area contributed by atoms with Crippen LogP contribution in [0.2, 0.25) is 0 Å². The molecule has 0 unspecified atom stereocenters. The van der Waals surface area contributed by atoms with Crippen molar-refractivity contribution >= 4 is 0 Å². The number of nitrogens with zero attached hydrogens (tertiary/aromatic N) is 2. The molecule has 0 amide bonds. The van der Waals surface area contributed by atoms with Gasteiger partial charge in [0.1, 0.15) is 0 Å². The second kappa shape index (κ2) is 14.4. The molecule has 2 heteroatoms. The molecule has 25 heavy (non-hydrogen) atoms. The first kappa shape index (κ1) is 23.0. The predicted octanol–water partition coefficient (Wildman–Crippen LogP) is 7.16. The number of hydrogen-bond acceptors (Lipinski definition) is 2. The van der Waals surface area contributed by atoms with E-state index in [-0.39, 0.29) is 0 Å². The summed E-state index contributed by atoms with van der Waals surface area (Å²) in [6.07, 6.45) is 11.9. The normalized spacial score (nSPS) is 10.2. The molecule has 136 valence electrons. The Balaban J connectivity index is 4.86. The molecule has 0 aliphatic rings. The minimum Gasteiger partial charge on any atom is -0.197 e. The van der Waals surface area contributed by atoms with Gasteiger partial charge in [0.25, 0.3) is 0 Å². The Bertz CT molecular complexity index is 506. The van der Waals surface area contributed by atoms with Crippen molar-refractivity contribution in [3.8, 4) is 12.1 Å². The van der Waals surface area contributed by atoms with Gasteiger partial charge >= 0.3 is 0 Å². The summed E-state index contributed by atoms with van der Waals surface area (Å²) in [5, 5.41) is 19.4. The van der Waals surface area contributed by atoms with E-state index in [9.17, 15) is 10.5 Å². The number of hydrogen-bond donors (Lipinski definition) is 0. The minimum atomic E-state index is -1.05. The van der Waals surface area contributed by atoms with Crippen LogP contribution in [0, 0.1) is 28.1 Å². The fourth-order valence-electron chi connectivity index (χ4n) is 2.98. The van der Waals surface area contributed by atoms with Gasteiger partial charge < -0.3 is 0 Å². The van der Waals surface area contributed by atoms with Crippen LogP contribution in [-0.4, -0.2) is 0 Å². The summed E-state index contributed by atoms with van der Waals surface area (Å²) in [5.74, 6) is 0. The van der Waals surface area contributed by atoms with Crippen molar-refractivity contribution in [1.29, 1.82) is 10.5 Å². The van der Waals surface area contributed by atoms with Gasteiger partial charge in [0.05, 0.1) is 12.1 Å². The first-order valence-corrected chi connectivity index (χ1v) is 9.69. The molecule has 0 aliphatic carbocycles. The maximum absolute atomic E-state index is 9.69. The lowest BCUT2D eigenvalue weighted by molar-refractivity contribution is 0.486. The zero-order valence-corrected chi connectivity index (χ0v) is 16.3. The van der Waals surface area contributed by atoms with Crippen LogP contribution in [0.25, 0.3) is 0 Å². The molecule has 0 spiro atoms. The van der Waals surface area contributed by atoms with Crippen LogP contribution in [0.3, 0.4) is 0 Å². The summed E-state index contributed by atoms with van der Waals surface area (Å²) >= 11 is 0. The largest absolute Gasteiger partial charge is 0.197 e. The average Bonchev–Trinajstić information content (AvgIpc) is 2.65. The minimum absolute atomic E-state index is 0.426. The molecule has 2 nitrogen and oxygen atoms in total. The van der Waals surface area contributed by atoms with Crippen LogP contribution >= 0.6 is 0 Å². The van der Waals surface area contributed by atoms with E-state index in [0.717, 1.165) is 36.8 Å². The van der Waals surface area contributed by atoms with Crippen LogP contribution in [0.4, 0.5) is 0 Å². The molecular formula is C23H34N2. The first-order chi connectivity index (χ1) is 12.1. The highest BCUT2D eigenvalue weighted by molar-refractivity contribution is 5.24. The van der Waals surface area contributed by atoms with E-state index in [2.05, 4.69) is 50.6 Å². The van der Waals surface area contributed by atoms with Gasteiger partial charge in [0.15, 0.2) is 5.41 Å². The lowest BCUT2D eigenvalue weighted by Crippen LogP contribution is -2.18. The van der Waals surface area contributed by atoms with Gasteiger partial charge in [-0.25, -0.2) is 0 Å². The smallest absolute Gasteiger partial charge is 0.152 e. The van der Waals surface area contributed by atoms with E-state index in [4.69, 9.17) is 0 Å². The van der Waals surface area contributed by atoms with Gasteiger partial charge in [-0.05, 0) is 36.8 Å². The molecule has 0 N–H and O–H groups in total. The van der Waals surface area contributed by atoms with Crippen LogP contribution < -0.4 is 0 Å². The Hall–Kier alpha value is -1.98. The highest BCUT2D eigenvalue weighted by atomic mass is 14.4. The van der Waals surface area contributed by atoms with Gasteiger partial charge in [0, 0.05) is 12.8 Å². The van der Waals surface area contributed by atoms with Crippen molar-refractivity contribution in [1.82, 2.24) is 0 Å². The molecule has 0 radical (unpaired) electrons. The molecule has 0 bridgehead atoms. The molecule has 0 aromatic heterocycles. The van der Waals surface area contributed by atoms with Gasteiger partial charge in [-0.2, -0.15) is 10.5 Å². The molecule has 0 fully saturated rings. The second-order valence-corrected chi connectivity index (χ2v) is 6.84. The summed E-state index contributed by atoms with van der Waals surface area (Å²) in [6.45, 7) is 11.9. The Morgan fingerprint density at radius 3 is 1.40 bits per heavy atom. The lowest BCUT2D eigenvalue weighted by atomic mass is 9.77. The van der Waals surface area contributed by atoms with E-state index in [0.29, 0.717) is 12.8 Å². The fraction of sp³-hybridized carbons (Fsp3) is 0.652. The SMILES string of the molecule is C=C=C(CCCCCC)CC(C#N)(C#N)CC(=C=C)CCCCCC. The molecule has 0 saturated heterocycles. The summed E-state index contributed by atoms with van der Waals surface area (Å²) in [4.78, 5) is 0. The first-order valence-electron chi connectivity index (χ1n) is 9.69. The lowest BCUT2D eigenvalue weighted by Gasteiger charge is -2.20. The molecule has 0 saturated carbocycles. The van der Waals surface area contributed by atoms with Gasteiger partial charge in [-0.15, -0.1) is 11.5 Å². The van der Waals surface area contributed by atoms with Crippen molar-refractivity contribution in [2.24, 2.45) is 5.41 Å². The number of rotatable bonds is 14. The summed E-state index contributed by atoms with van der Waals surface area (Å²) < 4.78 is 0. The molecule has 0 aliphatic heterocycles. The van der Waals surface area contributed by atoms with Gasteiger partial charge in [0.2, 0.25) is 0 Å². The third kappa shape index (κ3) is 9.79. The van der Waals surface area contributed by atoms with Crippen LogP contribution in [-0.2, 0) is 0 Å². The van der Waals surface area contributed by atoms with E-state index in [1.807, 2.05) is 0 Å². The van der Waals surface area contributed by atoms with Crippen molar-refractivity contribution in [3.05, 3.63) is 35.8 Å². The molecule has 0 aromatic carbocycles. The highest BCUT2D eigenvalue weighted by Crippen LogP contribution is 2.35. The van der Waals surface area contributed by atoms with E-state index >= 15 is 0 Å². The highest BCUT2D eigenvalue weighted by Gasteiger charge is 2.32. The average molecular weight is 339 g/mol. The third-order valence-electron chi connectivity index (χ3n) is 4.62. The van der Waals surface area contributed by atoms with Crippen molar-refractivity contribution in [2.45, 2.75) is 90.9 Å². The fourth-order valence-corrected chi connectivity index (χ4v) is 2.98. The monoisotopic (exact) mass is 338 g/mol. The van der Waals surface area contributed by atoms with Gasteiger partial charge in [-0.3, -0.25) is 0 Å². The van der Waals surface area contributed by atoms with E-state index in [1.165, 1.54) is 38.5 Å². The molecule has 0 rings (SSSR count). The maximum Gasteiger partial charge on any atom is 0.152 e. The topological polar surface area (TPSA) is 47.6 Å². The number of nitriles is 2. The maximum atomic E-state index is 9.69. The zero-order valence-electron chi connectivity index (χ0n) is 16.3. The van der Waals surface area contributed by atoms with Crippen LogP contribution in [0.5, 0.6) is 0 Å². The predicted molar refractivity (Wildman–Crippen MR) is 106 cm³/mol. The van der Waals surface area contributed by atoms with Crippen LogP contribution in [0.15, 0.2) is 35.8 Å². The van der Waals surface area contributed by atoms with Crippen LogP contribution in [0.1, 0.15) is 90.9 Å². The summed E-state index contributed by atoms with van der Waals surface area (Å²) in [5.41, 5.74) is 6.89. The summed E-state index contributed by atoms with van der Waals surface area (Å²) in [6, 6.07) is 4.52. The van der Waals surface area contributed by atoms with Crippen molar-refractivity contribution < 1.29 is 0 Å². The summed E-state index contributed by atoms with van der Waals surface area (Å²) in [7, 11) is 0. The molecule has 0 atom stereocenters. The Labute approximate surface area is 155 Å². The second-order valence-electron chi connectivity index (χ2n) is 6.84. The van der Waals surface area contributed by atoms with Crippen molar-refractivity contribution in [2.75, 3.05) is 0 Å². The quantitative estimate of drug-likeness (QED) is 0.249. The van der Waals surface area contributed by atoms with Crippen molar-refractivity contribution in [3.63, 3.8) is 0 Å². The van der Waals surface area contributed by atoms with E-state index < -0.39 is 5.41 Å². The third-order valence-corrected chi connectivity index (χ3v) is 4.62. The number of unbranched alkanes of at least 4 members (excludes halogenated alkanes) is 6.